The second kappa shape index (κ2) is 20.9. The van der Waals surface area contributed by atoms with E-state index in [0.29, 0.717) is 37.5 Å². The molecule has 36 heavy (non-hydrogen) atoms. The van der Waals surface area contributed by atoms with Crippen LogP contribution in [-0.4, -0.2) is 88.9 Å². The number of likely N-dealkylation sites (N-methyl/N-ethyl adjacent to an activating group) is 1. The first kappa shape index (κ1) is 34.0. The Bertz CT molecular complexity index is 559. The summed E-state index contributed by atoms with van der Waals surface area (Å²) in [5, 5.41) is 0. The number of quaternary nitrogens is 1. The van der Waals surface area contributed by atoms with E-state index in [0.717, 1.165) is 6.42 Å². The fraction of sp³-hybridized carbons (Fsp3) is 1.00. The Morgan fingerprint density at radius 3 is 1.69 bits per heavy atom. The van der Waals surface area contributed by atoms with Gasteiger partial charge in [-0.2, -0.15) is 0 Å². The Morgan fingerprint density at radius 1 is 0.722 bits per heavy atom. The number of phosphoric ester groups is 1. The molecule has 0 aromatic carbocycles. The number of rotatable bonds is 24. The highest BCUT2D eigenvalue weighted by molar-refractivity contribution is 7.47. The van der Waals surface area contributed by atoms with E-state index in [1.54, 1.807) is 0 Å². The van der Waals surface area contributed by atoms with Crippen molar-refractivity contribution in [1.29, 1.82) is 0 Å². The van der Waals surface area contributed by atoms with E-state index in [1.165, 1.54) is 83.5 Å². The topological polar surface area (TPSA) is 83.5 Å². The normalized spacial score (nSPS) is 20.5. The second-order valence-electron chi connectivity index (χ2n) is 11.1. The highest BCUT2D eigenvalue weighted by atomic mass is 31.2. The van der Waals surface area contributed by atoms with E-state index in [1.807, 2.05) is 21.1 Å². The summed E-state index contributed by atoms with van der Waals surface area (Å²) >= 11 is 0. The predicted molar refractivity (Wildman–Crippen MR) is 145 cm³/mol. The van der Waals surface area contributed by atoms with Crippen LogP contribution in [0.25, 0.3) is 0 Å². The van der Waals surface area contributed by atoms with Crippen LogP contribution in [0.5, 0.6) is 0 Å². The van der Waals surface area contributed by atoms with Crippen LogP contribution in [0.2, 0.25) is 0 Å². The van der Waals surface area contributed by atoms with E-state index in [9.17, 15) is 9.46 Å². The first-order valence-electron chi connectivity index (χ1n) is 14.5. The zero-order valence-electron chi connectivity index (χ0n) is 23.8. The average Bonchev–Trinajstić information content (AvgIpc) is 2.82. The van der Waals surface area contributed by atoms with Crippen molar-refractivity contribution < 1.29 is 37.2 Å². The van der Waals surface area contributed by atoms with Gasteiger partial charge in [-0.1, -0.05) is 90.4 Å². The van der Waals surface area contributed by atoms with Gasteiger partial charge in [-0.05, 0) is 6.42 Å². The number of ether oxygens (including phenoxy) is 3. The van der Waals surface area contributed by atoms with Crippen LogP contribution in [0.3, 0.4) is 0 Å². The lowest BCUT2D eigenvalue weighted by Gasteiger charge is -2.32. The van der Waals surface area contributed by atoms with Crippen LogP contribution >= 0.6 is 7.82 Å². The summed E-state index contributed by atoms with van der Waals surface area (Å²) in [4.78, 5) is 9.93. The first-order valence-corrected chi connectivity index (χ1v) is 16.0. The maximum absolute atomic E-state index is 12.1. The third kappa shape index (κ3) is 20.0. The molecule has 216 valence electrons. The molecule has 8 nitrogen and oxygen atoms in total. The maximum atomic E-state index is 12.1. The quantitative estimate of drug-likeness (QED) is 0.0902. The zero-order chi connectivity index (χ0) is 26.5. The van der Waals surface area contributed by atoms with Crippen LogP contribution in [-0.2, 0) is 27.8 Å². The maximum Gasteiger partial charge on any atom is 0.472 e. The van der Waals surface area contributed by atoms with Crippen molar-refractivity contribution in [2.75, 3.05) is 67.3 Å². The van der Waals surface area contributed by atoms with Gasteiger partial charge in [0.15, 0.2) is 0 Å². The van der Waals surface area contributed by atoms with Gasteiger partial charge >= 0.3 is 7.82 Å². The summed E-state index contributed by atoms with van der Waals surface area (Å²) in [7, 11) is 1.85. The largest absolute Gasteiger partial charge is 0.472 e. The molecular weight excluding hydrogens is 481 g/mol. The van der Waals surface area contributed by atoms with Gasteiger partial charge in [0, 0.05) is 6.61 Å². The van der Waals surface area contributed by atoms with Crippen LogP contribution in [0.15, 0.2) is 0 Å². The Kier molecular flexibility index (Phi) is 19.7. The fourth-order valence-corrected chi connectivity index (χ4v) is 4.88. The van der Waals surface area contributed by atoms with Gasteiger partial charge in [0.1, 0.15) is 25.4 Å². The van der Waals surface area contributed by atoms with Gasteiger partial charge in [-0.15, -0.1) is 0 Å². The molecule has 0 aliphatic carbocycles. The van der Waals surface area contributed by atoms with Crippen molar-refractivity contribution in [3.8, 4) is 0 Å². The van der Waals surface area contributed by atoms with Crippen molar-refractivity contribution in [3.63, 3.8) is 0 Å². The molecule has 1 N–H and O–H groups in total. The fourth-order valence-electron chi connectivity index (χ4n) is 4.16. The third-order valence-corrected chi connectivity index (χ3v) is 7.49. The highest BCUT2D eigenvalue weighted by Gasteiger charge is 2.31. The monoisotopic (exact) mass is 538 g/mol. The molecule has 1 saturated heterocycles. The highest BCUT2D eigenvalue weighted by Crippen LogP contribution is 2.43. The predicted octanol–water partition coefficient (Wildman–Crippen LogP) is 6.11. The Labute approximate surface area is 221 Å². The molecule has 0 aromatic heterocycles. The van der Waals surface area contributed by atoms with Crippen molar-refractivity contribution in [3.05, 3.63) is 0 Å². The summed E-state index contributed by atoms with van der Waals surface area (Å²) in [6, 6.07) is 0. The van der Waals surface area contributed by atoms with Gasteiger partial charge in [0.2, 0.25) is 0 Å². The molecule has 3 atom stereocenters. The molecule has 0 amide bonds. The molecule has 0 radical (unpaired) electrons. The standard InChI is InChI=1S/C27H56NO7P/c1-5-6-7-8-9-10-11-12-13-14-15-16-17-18-20-31-24-26-27(33-23-22-32-26)25-35-36(29,30)34-21-19-28(2,3)4/h26-27H,5-25H2,1-4H3/p+1/t26-,27-/m1/s1. The number of nitrogens with zero attached hydrogens (tertiary/aromatic N) is 1. The van der Waals surface area contributed by atoms with E-state index in [-0.39, 0.29) is 19.3 Å². The lowest BCUT2D eigenvalue weighted by molar-refractivity contribution is -0.870. The molecular formula is C27H57NO7P+. The molecule has 0 saturated carbocycles. The molecule has 0 spiro atoms. The van der Waals surface area contributed by atoms with Crippen LogP contribution in [0.1, 0.15) is 96.8 Å². The Morgan fingerprint density at radius 2 is 1.19 bits per heavy atom. The summed E-state index contributed by atoms with van der Waals surface area (Å²) in [5.41, 5.74) is 0. The molecule has 1 aliphatic heterocycles. The van der Waals surface area contributed by atoms with Crippen molar-refractivity contribution in [2.45, 2.75) is 109 Å². The number of hydrogen-bond acceptors (Lipinski definition) is 6. The molecule has 1 unspecified atom stereocenters. The third-order valence-electron chi connectivity index (χ3n) is 6.50. The minimum Gasteiger partial charge on any atom is -0.379 e. The van der Waals surface area contributed by atoms with Gasteiger partial charge in [0.25, 0.3) is 0 Å². The van der Waals surface area contributed by atoms with Crippen molar-refractivity contribution in [1.82, 2.24) is 0 Å². The SMILES string of the molecule is CCCCCCCCCCCCCCCCOC[C@H]1OCCO[C@@H]1COP(=O)(O)OCC[N+](C)(C)C. The Hall–Kier alpha value is -0.0500. The molecule has 0 bridgehead atoms. The van der Waals surface area contributed by atoms with Gasteiger partial charge < -0.3 is 23.6 Å². The lowest BCUT2D eigenvalue weighted by atomic mass is 10.0. The van der Waals surface area contributed by atoms with Gasteiger partial charge in [0.05, 0.1) is 47.6 Å². The van der Waals surface area contributed by atoms with Gasteiger partial charge in [-0.3, -0.25) is 9.05 Å². The van der Waals surface area contributed by atoms with Crippen LogP contribution in [0.4, 0.5) is 0 Å². The molecule has 1 rings (SSSR count). The Balaban J connectivity index is 2.01. The summed E-state index contributed by atoms with van der Waals surface area (Å²) in [6.07, 6.45) is 17.9. The number of unbranched alkanes of at least 4 members (excludes halogenated alkanes) is 13. The zero-order valence-corrected chi connectivity index (χ0v) is 24.7. The molecule has 1 heterocycles. The molecule has 1 fully saturated rings. The first-order chi connectivity index (χ1) is 17.2. The summed E-state index contributed by atoms with van der Waals surface area (Å²) < 4.78 is 40.3. The van der Waals surface area contributed by atoms with E-state index < -0.39 is 13.9 Å². The minimum absolute atomic E-state index is 0.0644. The van der Waals surface area contributed by atoms with E-state index in [4.69, 9.17) is 23.3 Å². The molecule has 1 aliphatic rings. The second-order valence-corrected chi connectivity index (χ2v) is 12.6. The number of phosphoric acid groups is 1. The summed E-state index contributed by atoms with van der Waals surface area (Å²) in [5.74, 6) is 0. The lowest BCUT2D eigenvalue weighted by Crippen LogP contribution is -2.44. The minimum atomic E-state index is -4.12. The van der Waals surface area contributed by atoms with E-state index in [2.05, 4.69) is 6.92 Å². The van der Waals surface area contributed by atoms with Gasteiger partial charge in [-0.25, -0.2) is 4.57 Å². The van der Waals surface area contributed by atoms with Crippen LogP contribution in [0, 0.1) is 0 Å². The number of hydrogen-bond donors (Lipinski definition) is 1. The molecule has 0 aromatic rings. The van der Waals surface area contributed by atoms with E-state index >= 15 is 0 Å². The molecule has 9 heteroatoms. The van der Waals surface area contributed by atoms with Crippen LogP contribution < -0.4 is 0 Å². The smallest absolute Gasteiger partial charge is 0.379 e. The van der Waals surface area contributed by atoms with Crippen molar-refractivity contribution >= 4 is 7.82 Å². The van der Waals surface area contributed by atoms with Crippen molar-refractivity contribution in [2.24, 2.45) is 0 Å². The summed E-state index contributed by atoms with van der Waals surface area (Å²) in [6.45, 7) is 4.96. The average molecular weight is 539 g/mol.